The van der Waals surface area contributed by atoms with Gasteiger partial charge in [0.1, 0.15) is 11.5 Å². The first kappa shape index (κ1) is 18.0. The second-order valence-electron chi connectivity index (χ2n) is 6.68. The maximum absolute atomic E-state index is 12.4. The Hall–Kier alpha value is -3.35. The highest BCUT2D eigenvalue weighted by Gasteiger charge is 2.35. The first-order chi connectivity index (χ1) is 13.7. The summed E-state index contributed by atoms with van der Waals surface area (Å²) in [6.45, 7) is 1.17. The Balaban J connectivity index is 1.36. The summed E-state index contributed by atoms with van der Waals surface area (Å²) >= 11 is 0. The highest BCUT2D eigenvalue weighted by Crippen LogP contribution is 2.31. The zero-order chi connectivity index (χ0) is 19.5. The topological polar surface area (TPSA) is 77.7 Å². The number of para-hydroxylation sites is 1. The van der Waals surface area contributed by atoms with Gasteiger partial charge in [-0.3, -0.25) is 4.79 Å². The first-order valence-corrected chi connectivity index (χ1v) is 9.05. The van der Waals surface area contributed by atoms with Crippen molar-refractivity contribution in [2.45, 2.75) is 12.3 Å². The van der Waals surface area contributed by atoms with Crippen LogP contribution in [0.2, 0.25) is 0 Å². The molecule has 4 rings (SSSR count). The number of carbonyl (C=O) groups is 1. The van der Waals surface area contributed by atoms with Gasteiger partial charge in [0.05, 0.1) is 32.1 Å². The predicted molar refractivity (Wildman–Crippen MR) is 102 cm³/mol. The van der Waals surface area contributed by atoms with Gasteiger partial charge in [0.2, 0.25) is 17.6 Å². The largest absolute Gasteiger partial charge is 0.497 e. The third-order valence-corrected chi connectivity index (χ3v) is 4.89. The van der Waals surface area contributed by atoms with Gasteiger partial charge in [-0.2, -0.15) is 4.98 Å². The number of hydrogen-bond acceptors (Lipinski definition) is 6. The van der Waals surface area contributed by atoms with Gasteiger partial charge in [-0.25, -0.2) is 0 Å². The van der Waals surface area contributed by atoms with E-state index in [1.807, 2.05) is 53.4 Å². The van der Waals surface area contributed by atoms with E-state index in [9.17, 15) is 4.79 Å². The molecule has 2 heterocycles. The average molecular weight is 379 g/mol. The smallest absolute Gasteiger partial charge is 0.233 e. The van der Waals surface area contributed by atoms with Crippen LogP contribution in [-0.4, -0.2) is 48.3 Å². The van der Waals surface area contributed by atoms with E-state index in [2.05, 4.69) is 10.1 Å². The zero-order valence-electron chi connectivity index (χ0n) is 15.8. The molecule has 0 spiro atoms. The Morgan fingerprint density at radius 2 is 1.86 bits per heavy atom. The monoisotopic (exact) mass is 379 g/mol. The van der Waals surface area contributed by atoms with Gasteiger partial charge < -0.3 is 18.9 Å². The number of likely N-dealkylation sites (tertiary alicyclic amines) is 1. The van der Waals surface area contributed by atoms with Crippen LogP contribution in [0.5, 0.6) is 11.5 Å². The molecule has 2 aromatic carbocycles. The minimum atomic E-state index is 0.0655. The number of nitrogens with zero attached hydrogens (tertiary/aromatic N) is 3. The van der Waals surface area contributed by atoms with Crippen LogP contribution >= 0.6 is 0 Å². The van der Waals surface area contributed by atoms with Crippen molar-refractivity contribution in [1.29, 1.82) is 0 Å². The number of rotatable bonds is 6. The van der Waals surface area contributed by atoms with Crippen molar-refractivity contribution in [1.82, 2.24) is 15.0 Å². The molecule has 0 unspecified atom stereocenters. The van der Waals surface area contributed by atoms with Crippen LogP contribution in [0, 0.1) is 0 Å². The van der Waals surface area contributed by atoms with E-state index in [0.29, 0.717) is 37.0 Å². The van der Waals surface area contributed by atoms with E-state index in [0.717, 1.165) is 16.9 Å². The lowest BCUT2D eigenvalue weighted by molar-refractivity contribution is -0.135. The molecule has 1 aliphatic heterocycles. The molecule has 28 heavy (non-hydrogen) atoms. The van der Waals surface area contributed by atoms with Crippen molar-refractivity contribution in [3.05, 3.63) is 60.0 Å². The molecule has 144 valence electrons. The van der Waals surface area contributed by atoms with E-state index >= 15 is 0 Å². The van der Waals surface area contributed by atoms with E-state index in [1.54, 1.807) is 14.2 Å². The average Bonchev–Trinajstić information content (AvgIpc) is 3.17. The molecular formula is C21H21N3O4. The Morgan fingerprint density at radius 3 is 2.57 bits per heavy atom. The van der Waals surface area contributed by atoms with Crippen molar-refractivity contribution < 1.29 is 18.8 Å². The number of benzene rings is 2. The molecule has 1 saturated heterocycles. The molecule has 0 atom stereocenters. The molecule has 1 fully saturated rings. The number of amides is 1. The molecule has 0 bridgehead atoms. The predicted octanol–water partition coefficient (Wildman–Crippen LogP) is 2.92. The minimum Gasteiger partial charge on any atom is -0.497 e. The number of methoxy groups -OCH3 is 2. The summed E-state index contributed by atoms with van der Waals surface area (Å²) in [7, 11) is 3.23. The van der Waals surface area contributed by atoms with Crippen LogP contribution in [0.4, 0.5) is 0 Å². The molecular weight excluding hydrogens is 358 g/mol. The van der Waals surface area contributed by atoms with Crippen molar-refractivity contribution in [2.24, 2.45) is 0 Å². The molecule has 1 aliphatic rings. The van der Waals surface area contributed by atoms with Crippen LogP contribution in [0.3, 0.4) is 0 Å². The van der Waals surface area contributed by atoms with Gasteiger partial charge in [-0.05, 0) is 29.8 Å². The molecule has 1 amide bonds. The summed E-state index contributed by atoms with van der Waals surface area (Å²) in [5.74, 6) is 2.67. The normalized spacial score (nSPS) is 13.9. The summed E-state index contributed by atoms with van der Waals surface area (Å²) < 4.78 is 15.9. The van der Waals surface area contributed by atoms with Crippen molar-refractivity contribution in [3.8, 4) is 22.9 Å². The van der Waals surface area contributed by atoms with Crippen LogP contribution in [0.25, 0.3) is 11.4 Å². The van der Waals surface area contributed by atoms with Crippen molar-refractivity contribution in [2.75, 3.05) is 27.3 Å². The van der Waals surface area contributed by atoms with E-state index < -0.39 is 0 Å². The van der Waals surface area contributed by atoms with Crippen LogP contribution in [0.15, 0.2) is 53.1 Å². The Labute approximate surface area is 162 Å². The fourth-order valence-electron chi connectivity index (χ4n) is 3.21. The summed E-state index contributed by atoms with van der Waals surface area (Å²) in [6.07, 6.45) is 0.368. The van der Waals surface area contributed by atoms with Gasteiger partial charge in [-0.15, -0.1) is 0 Å². The first-order valence-electron chi connectivity index (χ1n) is 9.05. The molecule has 0 radical (unpaired) electrons. The maximum atomic E-state index is 12.4. The summed E-state index contributed by atoms with van der Waals surface area (Å²) in [4.78, 5) is 18.8. The number of aromatic nitrogens is 2. The maximum Gasteiger partial charge on any atom is 0.233 e. The summed E-state index contributed by atoms with van der Waals surface area (Å²) in [6, 6.07) is 15.1. The lowest BCUT2D eigenvalue weighted by Crippen LogP contribution is -2.49. The molecule has 3 aromatic rings. The van der Waals surface area contributed by atoms with Crippen LogP contribution in [0.1, 0.15) is 17.4 Å². The highest BCUT2D eigenvalue weighted by molar-refractivity contribution is 5.79. The quantitative estimate of drug-likeness (QED) is 0.655. The lowest BCUT2D eigenvalue weighted by atomic mass is 9.98. The van der Waals surface area contributed by atoms with Gasteiger partial charge >= 0.3 is 0 Å². The number of ether oxygens (including phenoxy) is 2. The molecule has 0 aliphatic carbocycles. The molecule has 7 heteroatoms. The fraction of sp³-hybridized carbons (Fsp3) is 0.286. The Bertz CT molecular complexity index is 962. The molecule has 7 nitrogen and oxygen atoms in total. The number of carbonyl (C=O) groups excluding carboxylic acids is 1. The Kier molecular flexibility index (Phi) is 4.97. The van der Waals surface area contributed by atoms with E-state index in [1.165, 1.54) is 0 Å². The van der Waals surface area contributed by atoms with Crippen molar-refractivity contribution >= 4 is 5.91 Å². The van der Waals surface area contributed by atoms with Gasteiger partial charge in [0.25, 0.3) is 0 Å². The van der Waals surface area contributed by atoms with Crippen LogP contribution in [-0.2, 0) is 11.2 Å². The molecule has 0 saturated carbocycles. The van der Waals surface area contributed by atoms with Gasteiger partial charge in [0, 0.05) is 13.1 Å². The van der Waals surface area contributed by atoms with Gasteiger partial charge in [-0.1, -0.05) is 29.4 Å². The van der Waals surface area contributed by atoms with Crippen LogP contribution < -0.4 is 9.47 Å². The fourth-order valence-corrected chi connectivity index (χ4v) is 3.21. The standard InChI is InChI=1S/C21H21N3O4/c1-26-16-9-7-14(8-10-16)11-19(25)24-12-15(13-24)21-22-20(23-28-21)17-5-3-4-6-18(17)27-2/h3-10,15H,11-13H2,1-2H3. The second-order valence-corrected chi connectivity index (χ2v) is 6.68. The summed E-state index contributed by atoms with van der Waals surface area (Å²) in [5, 5.41) is 4.07. The third-order valence-electron chi connectivity index (χ3n) is 4.89. The van der Waals surface area contributed by atoms with E-state index in [4.69, 9.17) is 14.0 Å². The molecule has 1 aromatic heterocycles. The lowest BCUT2D eigenvalue weighted by Gasteiger charge is -2.37. The minimum absolute atomic E-state index is 0.0655. The second kappa shape index (κ2) is 7.72. The SMILES string of the molecule is COc1ccc(CC(=O)N2CC(c3nc(-c4ccccc4OC)no3)C2)cc1. The molecule has 0 N–H and O–H groups in total. The third kappa shape index (κ3) is 3.55. The van der Waals surface area contributed by atoms with Gasteiger partial charge in [0.15, 0.2) is 0 Å². The van der Waals surface area contributed by atoms with E-state index in [-0.39, 0.29) is 11.8 Å². The highest BCUT2D eigenvalue weighted by atomic mass is 16.5. The van der Waals surface area contributed by atoms with Crippen molar-refractivity contribution in [3.63, 3.8) is 0 Å². The Morgan fingerprint density at radius 1 is 1.11 bits per heavy atom. The number of hydrogen-bond donors (Lipinski definition) is 0. The summed E-state index contributed by atoms with van der Waals surface area (Å²) in [5.41, 5.74) is 1.75. The zero-order valence-corrected chi connectivity index (χ0v) is 15.8.